The number of halogens is 2. The Morgan fingerprint density at radius 2 is 1.83 bits per heavy atom. The van der Waals surface area contributed by atoms with Gasteiger partial charge in [0.2, 0.25) is 0 Å². The zero-order valence-electron chi connectivity index (χ0n) is 10.2. The summed E-state index contributed by atoms with van der Waals surface area (Å²) in [5.41, 5.74) is 7.77. The van der Waals surface area contributed by atoms with Gasteiger partial charge in [-0.3, -0.25) is 0 Å². The molecule has 0 spiro atoms. The number of benzene rings is 1. The van der Waals surface area contributed by atoms with Crippen LogP contribution in [0.4, 0.5) is 0 Å². The molecule has 0 aliphatic carbocycles. The van der Waals surface area contributed by atoms with Crippen LogP contribution in [0.25, 0.3) is 10.6 Å². The highest BCUT2D eigenvalue weighted by atomic mass is 35.5. The molecule has 2 N–H and O–H groups in total. The first-order valence-corrected chi connectivity index (χ1v) is 7.24. The molecule has 1 heterocycles. The first-order chi connectivity index (χ1) is 8.51. The van der Waals surface area contributed by atoms with Crippen molar-refractivity contribution < 1.29 is 0 Å². The van der Waals surface area contributed by atoms with Crippen LogP contribution in [-0.2, 0) is 6.54 Å². The van der Waals surface area contributed by atoms with Gasteiger partial charge in [-0.1, -0.05) is 37.0 Å². The maximum Gasteiger partial charge on any atom is 0.124 e. The summed E-state index contributed by atoms with van der Waals surface area (Å²) in [5.74, 6) is 0.364. The van der Waals surface area contributed by atoms with Crippen LogP contribution < -0.4 is 5.73 Å². The van der Waals surface area contributed by atoms with Crippen molar-refractivity contribution in [2.45, 2.75) is 26.3 Å². The van der Waals surface area contributed by atoms with E-state index in [2.05, 4.69) is 18.8 Å². The summed E-state index contributed by atoms with van der Waals surface area (Å²) >= 11 is 13.6. The van der Waals surface area contributed by atoms with Gasteiger partial charge in [0.05, 0.1) is 5.69 Å². The van der Waals surface area contributed by atoms with E-state index in [1.807, 2.05) is 12.1 Å². The molecule has 1 aromatic carbocycles. The Morgan fingerprint density at radius 1 is 1.22 bits per heavy atom. The van der Waals surface area contributed by atoms with Crippen LogP contribution >= 0.6 is 34.5 Å². The molecule has 0 bridgehead atoms. The fraction of sp³-hybridized carbons (Fsp3) is 0.308. The highest BCUT2D eigenvalue weighted by Gasteiger charge is 2.14. The predicted molar refractivity (Wildman–Crippen MR) is 79.6 cm³/mol. The number of hydrogen-bond acceptors (Lipinski definition) is 3. The van der Waals surface area contributed by atoms with Gasteiger partial charge in [0.15, 0.2) is 0 Å². The molecule has 1 aromatic heterocycles. The average molecular weight is 301 g/mol. The minimum atomic E-state index is 0.364. The molecule has 2 rings (SSSR count). The molecule has 0 aliphatic heterocycles. The van der Waals surface area contributed by atoms with E-state index in [0.717, 1.165) is 21.1 Å². The van der Waals surface area contributed by atoms with E-state index in [9.17, 15) is 0 Å². The van der Waals surface area contributed by atoms with E-state index in [0.29, 0.717) is 22.5 Å². The zero-order valence-corrected chi connectivity index (χ0v) is 12.5. The number of aromatic nitrogens is 1. The highest BCUT2D eigenvalue weighted by Crippen LogP contribution is 2.34. The third kappa shape index (κ3) is 2.86. The Balaban J connectivity index is 2.50. The molecule has 0 fully saturated rings. The van der Waals surface area contributed by atoms with E-state index in [1.165, 1.54) is 0 Å². The maximum absolute atomic E-state index is 6.01. The first-order valence-electron chi connectivity index (χ1n) is 5.67. The standard InChI is InChI=1S/C13H14Cl2N2S/c1-7(2)12-11(6-16)18-13(17-12)8-3-9(14)5-10(15)4-8/h3-5,7H,6,16H2,1-2H3. The molecular formula is C13H14Cl2N2S. The summed E-state index contributed by atoms with van der Waals surface area (Å²) in [6.07, 6.45) is 0. The Labute approximate surface area is 121 Å². The van der Waals surface area contributed by atoms with Gasteiger partial charge in [0.1, 0.15) is 5.01 Å². The summed E-state index contributed by atoms with van der Waals surface area (Å²) in [5, 5.41) is 2.16. The van der Waals surface area contributed by atoms with Crippen LogP contribution in [0.1, 0.15) is 30.3 Å². The van der Waals surface area contributed by atoms with Gasteiger partial charge < -0.3 is 5.73 Å². The van der Waals surface area contributed by atoms with Crippen molar-refractivity contribution in [3.8, 4) is 10.6 Å². The number of hydrogen-bond donors (Lipinski definition) is 1. The Morgan fingerprint density at radius 3 is 2.28 bits per heavy atom. The number of rotatable bonds is 3. The van der Waals surface area contributed by atoms with Crippen LogP contribution in [0.2, 0.25) is 10.0 Å². The van der Waals surface area contributed by atoms with Gasteiger partial charge in [-0.05, 0) is 24.1 Å². The third-order valence-electron chi connectivity index (χ3n) is 2.57. The summed E-state index contributed by atoms with van der Waals surface area (Å²) in [6.45, 7) is 4.74. The van der Waals surface area contributed by atoms with Crippen molar-refractivity contribution in [1.29, 1.82) is 0 Å². The fourth-order valence-electron chi connectivity index (χ4n) is 1.76. The van der Waals surface area contributed by atoms with E-state index in [-0.39, 0.29) is 0 Å². The summed E-state index contributed by atoms with van der Waals surface area (Å²) in [7, 11) is 0. The molecule has 2 nitrogen and oxygen atoms in total. The fourth-order valence-corrected chi connectivity index (χ4v) is 3.37. The van der Waals surface area contributed by atoms with E-state index >= 15 is 0 Å². The highest BCUT2D eigenvalue weighted by molar-refractivity contribution is 7.15. The third-order valence-corrected chi connectivity index (χ3v) is 4.15. The van der Waals surface area contributed by atoms with Gasteiger partial charge >= 0.3 is 0 Å². The summed E-state index contributed by atoms with van der Waals surface area (Å²) in [6, 6.07) is 5.46. The molecule has 2 aromatic rings. The number of nitrogens with zero attached hydrogens (tertiary/aromatic N) is 1. The lowest BCUT2D eigenvalue weighted by Crippen LogP contribution is -1.99. The van der Waals surface area contributed by atoms with E-state index in [4.69, 9.17) is 28.9 Å². The van der Waals surface area contributed by atoms with Crippen LogP contribution in [-0.4, -0.2) is 4.98 Å². The molecule has 0 atom stereocenters. The Hall–Kier alpha value is -0.610. The minimum absolute atomic E-state index is 0.364. The second kappa shape index (κ2) is 5.57. The maximum atomic E-state index is 6.01. The van der Waals surface area contributed by atoms with Crippen molar-refractivity contribution >= 4 is 34.5 Å². The second-order valence-corrected chi connectivity index (χ2v) is 6.30. The molecule has 18 heavy (non-hydrogen) atoms. The molecule has 0 saturated carbocycles. The predicted octanol–water partition coefficient (Wildman–Crippen LogP) is 4.70. The van der Waals surface area contributed by atoms with Crippen molar-refractivity contribution in [3.05, 3.63) is 38.8 Å². The summed E-state index contributed by atoms with van der Waals surface area (Å²) in [4.78, 5) is 5.78. The lowest BCUT2D eigenvalue weighted by atomic mass is 10.1. The van der Waals surface area contributed by atoms with Crippen molar-refractivity contribution in [3.63, 3.8) is 0 Å². The van der Waals surface area contributed by atoms with E-state index < -0.39 is 0 Å². The number of thiazole rings is 1. The van der Waals surface area contributed by atoms with Gasteiger partial charge in [0.25, 0.3) is 0 Å². The first kappa shape index (κ1) is 13.8. The molecular weight excluding hydrogens is 287 g/mol. The topological polar surface area (TPSA) is 38.9 Å². The van der Waals surface area contributed by atoms with Gasteiger partial charge in [-0.2, -0.15) is 0 Å². The van der Waals surface area contributed by atoms with Gasteiger partial charge in [-0.25, -0.2) is 4.98 Å². The number of nitrogens with two attached hydrogens (primary N) is 1. The van der Waals surface area contributed by atoms with Crippen molar-refractivity contribution in [1.82, 2.24) is 4.98 Å². The zero-order chi connectivity index (χ0) is 13.3. The molecule has 5 heteroatoms. The molecule has 0 radical (unpaired) electrons. The average Bonchev–Trinajstić information content (AvgIpc) is 2.71. The molecule has 0 unspecified atom stereocenters. The monoisotopic (exact) mass is 300 g/mol. The largest absolute Gasteiger partial charge is 0.326 e. The van der Waals surface area contributed by atoms with Crippen molar-refractivity contribution in [2.24, 2.45) is 5.73 Å². The SMILES string of the molecule is CC(C)c1nc(-c2cc(Cl)cc(Cl)c2)sc1CN. The lowest BCUT2D eigenvalue weighted by molar-refractivity contribution is 0.814. The van der Waals surface area contributed by atoms with Crippen molar-refractivity contribution in [2.75, 3.05) is 0 Å². The minimum Gasteiger partial charge on any atom is -0.326 e. The quantitative estimate of drug-likeness (QED) is 0.892. The Kier molecular flexibility index (Phi) is 4.28. The lowest BCUT2D eigenvalue weighted by Gasteiger charge is -2.02. The van der Waals surface area contributed by atoms with Crippen LogP contribution in [0.15, 0.2) is 18.2 Å². The molecule has 0 aliphatic rings. The van der Waals surface area contributed by atoms with Crippen LogP contribution in [0.3, 0.4) is 0 Å². The Bertz CT molecular complexity index is 544. The summed E-state index contributed by atoms with van der Waals surface area (Å²) < 4.78 is 0. The van der Waals surface area contributed by atoms with Crippen LogP contribution in [0.5, 0.6) is 0 Å². The molecule has 0 saturated heterocycles. The molecule has 0 amide bonds. The normalized spacial score (nSPS) is 11.2. The smallest absolute Gasteiger partial charge is 0.124 e. The molecule has 96 valence electrons. The second-order valence-electron chi connectivity index (χ2n) is 4.34. The van der Waals surface area contributed by atoms with Gasteiger partial charge in [0, 0.05) is 27.0 Å². The van der Waals surface area contributed by atoms with Crippen LogP contribution in [0, 0.1) is 0 Å². The van der Waals surface area contributed by atoms with Gasteiger partial charge in [-0.15, -0.1) is 11.3 Å². The van der Waals surface area contributed by atoms with E-state index in [1.54, 1.807) is 17.4 Å².